The molecule has 0 amide bonds. The van der Waals surface area contributed by atoms with E-state index in [1.165, 1.54) is 31.4 Å². The number of hydrogen-bond acceptors (Lipinski definition) is 10. The first-order chi connectivity index (χ1) is 19.7. The first-order valence-electron chi connectivity index (χ1n) is 12.8. The maximum atomic E-state index is 14.0. The zero-order chi connectivity index (χ0) is 29.0. The summed E-state index contributed by atoms with van der Waals surface area (Å²) in [7, 11) is 1.51. The molecule has 2 heterocycles. The van der Waals surface area contributed by atoms with Crippen LogP contribution in [0.4, 0.5) is 0 Å². The monoisotopic (exact) mass is 558 g/mol. The van der Waals surface area contributed by atoms with Gasteiger partial charge in [0.2, 0.25) is 0 Å². The summed E-state index contributed by atoms with van der Waals surface area (Å²) >= 11 is 0. The molecule has 0 unspecified atom stereocenters. The highest BCUT2D eigenvalue weighted by Gasteiger charge is 2.45. The van der Waals surface area contributed by atoms with Gasteiger partial charge in [0.05, 0.1) is 24.7 Å². The van der Waals surface area contributed by atoms with E-state index in [-0.39, 0.29) is 46.1 Å². The van der Waals surface area contributed by atoms with Gasteiger partial charge in [-0.2, -0.15) is 0 Å². The predicted molar refractivity (Wildman–Crippen MR) is 144 cm³/mol. The Morgan fingerprint density at radius 3 is 2.07 bits per heavy atom. The molecule has 0 aromatic heterocycles. The van der Waals surface area contributed by atoms with Gasteiger partial charge in [-0.15, -0.1) is 0 Å². The normalized spacial score (nSPS) is 21.3. The fourth-order valence-electron chi connectivity index (χ4n) is 5.55. The van der Waals surface area contributed by atoms with Crippen molar-refractivity contribution in [3.05, 3.63) is 94.5 Å². The molecule has 210 valence electrons. The van der Waals surface area contributed by atoms with E-state index in [4.69, 9.17) is 14.2 Å². The lowest BCUT2D eigenvalue weighted by molar-refractivity contribution is 0.0196. The van der Waals surface area contributed by atoms with E-state index in [0.29, 0.717) is 16.9 Å². The van der Waals surface area contributed by atoms with Crippen LogP contribution in [-0.2, 0) is 6.42 Å². The summed E-state index contributed by atoms with van der Waals surface area (Å²) < 4.78 is 17.4. The molecule has 6 N–H and O–H groups in total. The SMILES string of the molecule is COc1ccc([C@@H]2Oc3cc(O)cc(O)c3C(=O)[C@@H]2c2c(O)cc3c(c2O)C[C@@H](O)[C@H](c2ccc(O)cc2)O3)cc1. The van der Waals surface area contributed by atoms with Crippen LogP contribution >= 0.6 is 0 Å². The third-order valence-electron chi connectivity index (χ3n) is 7.53. The molecule has 4 aromatic rings. The number of fused-ring (bicyclic) bond motifs is 2. The van der Waals surface area contributed by atoms with Gasteiger partial charge >= 0.3 is 0 Å². The number of carbonyl (C=O) groups excluding carboxylic acids is 1. The minimum Gasteiger partial charge on any atom is -0.508 e. The number of benzene rings is 4. The molecular formula is C31H26O10. The Kier molecular flexibility index (Phi) is 6.27. The Morgan fingerprint density at radius 1 is 0.756 bits per heavy atom. The minimum absolute atomic E-state index is 0.0491. The van der Waals surface area contributed by atoms with Crippen LogP contribution in [0.25, 0.3) is 0 Å². The van der Waals surface area contributed by atoms with Crippen LogP contribution in [-0.4, -0.2) is 49.6 Å². The fourth-order valence-corrected chi connectivity index (χ4v) is 5.55. The maximum Gasteiger partial charge on any atom is 0.182 e. The summed E-state index contributed by atoms with van der Waals surface area (Å²) in [5.41, 5.74) is 0.888. The number of aliphatic hydroxyl groups is 1. The van der Waals surface area contributed by atoms with Crippen LogP contribution < -0.4 is 14.2 Å². The Labute approximate surface area is 233 Å². The van der Waals surface area contributed by atoms with E-state index in [0.717, 1.165) is 6.07 Å². The number of hydrogen-bond donors (Lipinski definition) is 6. The zero-order valence-electron chi connectivity index (χ0n) is 21.7. The lowest BCUT2D eigenvalue weighted by Gasteiger charge is -2.36. The number of phenolic OH excluding ortho intramolecular Hbond substituents is 5. The summed E-state index contributed by atoms with van der Waals surface area (Å²) in [6, 6.07) is 16.3. The molecule has 10 heteroatoms. The Morgan fingerprint density at radius 2 is 1.39 bits per heavy atom. The van der Waals surface area contributed by atoms with Gasteiger partial charge in [0, 0.05) is 30.2 Å². The highest BCUT2D eigenvalue weighted by Crippen LogP contribution is 2.54. The number of Topliss-reactive ketones (excluding diaryl/α,β-unsaturated/α-hetero) is 1. The molecule has 0 bridgehead atoms. The van der Waals surface area contributed by atoms with Crippen LogP contribution in [0.15, 0.2) is 66.7 Å². The lowest BCUT2D eigenvalue weighted by Crippen LogP contribution is -2.32. The minimum atomic E-state index is -1.33. The van der Waals surface area contributed by atoms with Crippen molar-refractivity contribution in [2.45, 2.75) is 30.7 Å². The van der Waals surface area contributed by atoms with Crippen molar-refractivity contribution in [1.29, 1.82) is 0 Å². The van der Waals surface area contributed by atoms with Crippen molar-refractivity contribution in [3.8, 4) is 46.0 Å². The average Bonchev–Trinajstić information content (AvgIpc) is 2.94. The van der Waals surface area contributed by atoms with E-state index >= 15 is 0 Å². The van der Waals surface area contributed by atoms with Gasteiger partial charge in [0.1, 0.15) is 63.8 Å². The second-order valence-corrected chi connectivity index (χ2v) is 10.0. The van der Waals surface area contributed by atoms with Gasteiger partial charge in [-0.25, -0.2) is 0 Å². The van der Waals surface area contributed by atoms with Gasteiger partial charge in [-0.1, -0.05) is 24.3 Å². The number of ketones is 1. The molecule has 4 atom stereocenters. The Balaban J connectivity index is 1.47. The molecule has 0 spiro atoms. The maximum absolute atomic E-state index is 14.0. The van der Waals surface area contributed by atoms with Crippen LogP contribution in [0.2, 0.25) is 0 Å². The molecule has 6 rings (SSSR count). The smallest absolute Gasteiger partial charge is 0.182 e. The van der Waals surface area contributed by atoms with Crippen LogP contribution in [0.1, 0.15) is 50.7 Å². The molecule has 10 nitrogen and oxygen atoms in total. The topological polar surface area (TPSA) is 166 Å². The lowest BCUT2D eigenvalue weighted by atomic mass is 9.78. The molecule has 0 fully saturated rings. The van der Waals surface area contributed by atoms with E-state index in [2.05, 4.69) is 0 Å². The largest absolute Gasteiger partial charge is 0.508 e. The molecule has 4 aromatic carbocycles. The van der Waals surface area contributed by atoms with Crippen molar-refractivity contribution in [2.75, 3.05) is 7.11 Å². The van der Waals surface area contributed by atoms with Crippen molar-refractivity contribution >= 4 is 5.78 Å². The third kappa shape index (κ3) is 4.38. The molecule has 0 saturated carbocycles. The summed E-state index contributed by atoms with van der Waals surface area (Å²) in [4.78, 5) is 14.0. The molecule has 2 aliphatic rings. The second kappa shape index (κ2) is 9.83. The van der Waals surface area contributed by atoms with Gasteiger partial charge in [-0.05, 0) is 35.4 Å². The Hall–Kier alpha value is -5.09. The van der Waals surface area contributed by atoms with E-state index in [9.17, 15) is 35.4 Å². The molecule has 0 aliphatic carbocycles. The van der Waals surface area contributed by atoms with E-state index in [1.807, 2.05) is 0 Å². The van der Waals surface area contributed by atoms with Crippen LogP contribution in [0, 0.1) is 0 Å². The number of methoxy groups -OCH3 is 1. The van der Waals surface area contributed by atoms with Crippen molar-refractivity contribution in [1.82, 2.24) is 0 Å². The van der Waals surface area contributed by atoms with Crippen molar-refractivity contribution < 1.29 is 49.6 Å². The number of phenols is 5. The molecule has 2 aliphatic heterocycles. The van der Waals surface area contributed by atoms with E-state index < -0.39 is 47.3 Å². The summed E-state index contributed by atoms with van der Waals surface area (Å²) in [5, 5.41) is 63.8. The standard InChI is InChI=1S/C31H26O10/c1-39-18-8-4-15(5-9-18)31-27(29(38)25-20(34)10-17(33)11-24(25)41-31)26-21(35)13-23-19(28(26)37)12-22(36)30(40-23)14-2-6-16(32)7-3-14/h2-11,13,22,27,30-37H,12H2,1H3/t22-,27+,30+,31+/m1/s1. The molecular weight excluding hydrogens is 532 g/mol. The van der Waals surface area contributed by atoms with Crippen LogP contribution in [0.5, 0.6) is 46.0 Å². The summed E-state index contributed by atoms with van der Waals surface area (Å²) in [6.07, 6.45) is -3.09. The number of aromatic hydroxyl groups is 5. The Bertz CT molecular complexity index is 1650. The molecule has 0 saturated heterocycles. The van der Waals surface area contributed by atoms with Crippen molar-refractivity contribution in [2.24, 2.45) is 0 Å². The number of aliphatic hydroxyl groups excluding tert-OH is 1. The molecule has 41 heavy (non-hydrogen) atoms. The fraction of sp³-hybridized carbons (Fsp3) is 0.194. The second-order valence-electron chi connectivity index (χ2n) is 10.0. The highest BCUT2D eigenvalue weighted by molar-refractivity contribution is 6.07. The number of rotatable bonds is 4. The third-order valence-corrected chi connectivity index (χ3v) is 7.53. The van der Waals surface area contributed by atoms with Gasteiger partial charge < -0.3 is 44.8 Å². The summed E-state index contributed by atoms with van der Waals surface area (Å²) in [5.74, 6) is -3.06. The zero-order valence-corrected chi connectivity index (χ0v) is 21.7. The van der Waals surface area contributed by atoms with E-state index in [1.54, 1.807) is 36.4 Å². The number of ether oxygens (including phenoxy) is 3. The van der Waals surface area contributed by atoms with Gasteiger partial charge in [0.25, 0.3) is 0 Å². The molecule has 0 radical (unpaired) electrons. The van der Waals surface area contributed by atoms with Gasteiger partial charge in [-0.3, -0.25) is 4.79 Å². The number of carbonyl (C=O) groups is 1. The van der Waals surface area contributed by atoms with Crippen molar-refractivity contribution in [3.63, 3.8) is 0 Å². The predicted octanol–water partition coefficient (Wildman–Crippen LogP) is 4.36. The highest BCUT2D eigenvalue weighted by atomic mass is 16.5. The van der Waals surface area contributed by atoms with Gasteiger partial charge in [0.15, 0.2) is 5.78 Å². The summed E-state index contributed by atoms with van der Waals surface area (Å²) in [6.45, 7) is 0. The quantitative estimate of drug-likeness (QED) is 0.212. The average molecular weight is 559 g/mol. The van der Waals surface area contributed by atoms with Crippen LogP contribution in [0.3, 0.4) is 0 Å². The first kappa shape index (κ1) is 26.1. The first-order valence-corrected chi connectivity index (χ1v) is 12.8.